The Morgan fingerprint density at radius 1 is 1.17 bits per heavy atom. The summed E-state index contributed by atoms with van der Waals surface area (Å²) in [6.45, 7) is 0.880. The second kappa shape index (κ2) is 9.71. The standard InChI is InChI=1S/C21H25ClN2O5/c1-27-19-8-7-16(11-20(19)28-2)29-18-9-10-24(13-17(18)25)21(26)12-23-15-5-3-14(22)4-6-15/h3-8,11,17-18,23,25H,9-10,12-13H2,1-2H3/t17-,18-/m1/s1. The van der Waals surface area contributed by atoms with Crippen LogP contribution in [-0.4, -0.2) is 62.0 Å². The second-order valence-corrected chi connectivity index (χ2v) is 7.17. The Labute approximate surface area is 175 Å². The maximum absolute atomic E-state index is 12.5. The van der Waals surface area contributed by atoms with Gasteiger partial charge in [-0.25, -0.2) is 0 Å². The number of anilines is 1. The highest BCUT2D eigenvalue weighted by Gasteiger charge is 2.31. The van der Waals surface area contributed by atoms with Gasteiger partial charge < -0.3 is 29.5 Å². The molecule has 1 fully saturated rings. The van der Waals surface area contributed by atoms with Gasteiger partial charge in [0.15, 0.2) is 11.5 Å². The number of piperidine rings is 1. The molecule has 1 heterocycles. The largest absolute Gasteiger partial charge is 0.493 e. The van der Waals surface area contributed by atoms with Crippen LogP contribution in [0.2, 0.25) is 5.02 Å². The molecule has 1 saturated heterocycles. The zero-order valence-electron chi connectivity index (χ0n) is 16.4. The Morgan fingerprint density at radius 3 is 2.55 bits per heavy atom. The maximum Gasteiger partial charge on any atom is 0.241 e. The number of likely N-dealkylation sites (tertiary alicyclic amines) is 1. The summed E-state index contributed by atoms with van der Waals surface area (Å²) in [7, 11) is 3.12. The topological polar surface area (TPSA) is 80.3 Å². The number of halogens is 1. The van der Waals surface area contributed by atoms with Gasteiger partial charge in [0.05, 0.1) is 27.3 Å². The first-order valence-electron chi connectivity index (χ1n) is 9.34. The molecule has 0 aromatic heterocycles. The average molecular weight is 421 g/mol. The zero-order valence-corrected chi connectivity index (χ0v) is 17.2. The molecule has 2 aromatic rings. The van der Waals surface area contributed by atoms with E-state index in [0.717, 1.165) is 5.69 Å². The number of aliphatic hydroxyl groups excluding tert-OH is 1. The van der Waals surface area contributed by atoms with Crippen LogP contribution in [0.15, 0.2) is 42.5 Å². The molecule has 1 aliphatic heterocycles. The van der Waals surface area contributed by atoms with Crippen LogP contribution in [0.1, 0.15) is 6.42 Å². The van der Waals surface area contributed by atoms with E-state index in [9.17, 15) is 9.90 Å². The molecule has 0 spiro atoms. The number of rotatable bonds is 7. The van der Waals surface area contributed by atoms with Crippen LogP contribution in [0.4, 0.5) is 5.69 Å². The lowest BCUT2D eigenvalue weighted by molar-refractivity contribution is -0.135. The van der Waals surface area contributed by atoms with Crippen molar-refractivity contribution in [1.82, 2.24) is 4.90 Å². The highest BCUT2D eigenvalue weighted by Crippen LogP contribution is 2.32. The number of hydrogen-bond donors (Lipinski definition) is 2. The van der Waals surface area contributed by atoms with Crippen molar-refractivity contribution in [1.29, 1.82) is 0 Å². The number of nitrogens with zero attached hydrogens (tertiary/aromatic N) is 1. The molecule has 0 unspecified atom stereocenters. The second-order valence-electron chi connectivity index (χ2n) is 6.73. The smallest absolute Gasteiger partial charge is 0.241 e. The molecule has 2 aromatic carbocycles. The lowest BCUT2D eigenvalue weighted by Gasteiger charge is -2.36. The molecule has 0 saturated carbocycles. The summed E-state index contributed by atoms with van der Waals surface area (Å²) in [6, 6.07) is 12.4. The number of hydrogen-bond acceptors (Lipinski definition) is 6. The van der Waals surface area contributed by atoms with Crippen molar-refractivity contribution in [2.24, 2.45) is 0 Å². The van der Waals surface area contributed by atoms with Crippen molar-refractivity contribution in [2.45, 2.75) is 18.6 Å². The minimum Gasteiger partial charge on any atom is -0.493 e. The summed E-state index contributed by atoms with van der Waals surface area (Å²) in [5.74, 6) is 1.66. The molecule has 3 rings (SSSR count). The molecule has 156 valence electrons. The minimum atomic E-state index is -0.781. The molecule has 29 heavy (non-hydrogen) atoms. The first-order valence-corrected chi connectivity index (χ1v) is 9.72. The first-order chi connectivity index (χ1) is 14.0. The lowest BCUT2D eigenvalue weighted by Crippen LogP contribution is -2.52. The SMILES string of the molecule is COc1ccc(O[C@@H]2CCN(C(=O)CNc3ccc(Cl)cc3)C[C@H]2O)cc1OC. The minimum absolute atomic E-state index is 0.0800. The molecule has 8 heteroatoms. The van der Waals surface area contributed by atoms with E-state index in [1.807, 2.05) is 12.1 Å². The van der Waals surface area contributed by atoms with Gasteiger partial charge in [-0.1, -0.05) is 11.6 Å². The summed E-state index contributed by atoms with van der Waals surface area (Å²) in [6.07, 6.45) is -0.653. The lowest BCUT2D eigenvalue weighted by atomic mass is 10.0. The van der Waals surface area contributed by atoms with Crippen molar-refractivity contribution in [3.8, 4) is 17.2 Å². The average Bonchev–Trinajstić information content (AvgIpc) is 2.74. The zero-order chi connectivity index (χ0) is 20.8. The van der Waals surface area contributed by atoms with Gasteiger partial charge in [-0.3, -0.25) is 4.79 Å². The van der Waals surface area contributed by atoms with Gasteiger partial charge in [-0.15, -0.1) is 0 Å². The van der Waals surface area contributed by atoms with E-state index >= 15 is 0 Å². The maximum atomic E-state index is 12.5. The molecule has 0 bridgehead atoms. The molecule has 0 aliphatic carbocycles. The monoisotopic (exact) mass is 420 g/mol. The highest BCUT2D eigenvalue weighted by atomic mass is 35.5. The number of ether oxygens (including phenoxy) is 3. The molecule has 7 nitrogen and oxygen atoms in total. The van der Waals surface area contributed by atoms with Gasteiger partial charge in [0.1, 0.15) is 18.0 Å². The first kappa shape index (κ1) is 21.1. The third kappa shape index (κ3) is 5.46. The van der Waals surface area contributed by atoms with E-state index < -0.39 is 12.2 Å². The summed E-state index contributed by atoms with van der Waals surface area (Å²) in [5, 5.41) is 14.2. The summed E-state index contributed by atoms with van der Waals surface area (Å²) >= 11 is 5.86. The van der Waals surface area contributed by atoms with Crippen molar-refractivity contribution < 1.29 is 24.1 Å². The highest BCUT2D eigenvalue weighted by molar-refractivity contribution is 6.30. The molecule has 2 N–H and O–H groups in total. The molecule has 2 atom stereocenters. The number of nitrogens with one attached hydrogen (secondary N) is 1. The van der Waals surface area contributed by atoms with Gasteiger partial charge in [-0.05, 0) is 36.4 Å². The fourth-order valence-corrected chi connectivity index (χ4v) is 3.32. The number of β-amino-alcohol motifs (C(OH)–C–C–N with tert-alkyl or cyclic N) is 1. The van der Waals surface area contributed by atoms with Gasteiger partial charge in [0.25, 0.3) is 0 Å². The Balaban J connectivity index is 1.52. The van der Waals surface area contributed by atoms with Crippen LogP contribution in [-0.2, 0) is 4.79 Å². The fraction of sp³-hybridized carbons (Fsp3) is 0.381. The van der Waals surface area contributed by atoms with Crippen molar-refractivity contribution in [3.63, 3.8) is 0 Å². The van der Waals surface area contributed by atoms with Crippen molar-refractivity contribution >= 4 is 23.2 Å². The number of aliphatic hydroxyl groups is 1. The van der Waals surface area contributed by atoms with Crippen LogP contribution in [0.3, 0.4) is 0 Å². The van der Waals surface area contributed by atoms with Crippen LogP contribution in [0, 0.1) is 0 Å². The van der Waals surface area contributed by atoms with Gasteiger partial charge in [0.2, 0.25) is 5.91 Å². The Bertz CT molecular complexity index is 830. The number of benzene rings is 2. The Morgan fingerprint density at radius 2 is 1.90 bits per heavy atom. The molecular weight excluding hydrogens is 396 g/mol. The molecule has 1 amide bonds. The van der Waals surface area contributed by atoms with E-state index in [0.29, 0.717) is 35.2 Å². The van der Waals surface area contributed by atoms with Crippen molar-refractivity contribution in [3.05, 3.63) is 47.5 Å². The van der Waals surface area contributed by atoms with E-state index in [-0.39, 0.29) is 19.0 Å². The van der Waals surface area contributed by atoms with Gasteiger partial charge in [0, 0.05) is 29.7 Å². The van der Waals surface area contributed by atoms with Crippen LogP contribution in [0.25, 0.3) is 0 Å². The summed E-state index contributed by atoms with van der Waals surface area (Å²) in [5.41, 5.74) is 0.815. The number of carbonyl (C=O) groups excluding carboxylic acids is 1. The summed E-state index contributed by atoms with van der Waals surface area (Å²) in [4.78, 5) is 14.1. The quantitative estimate of drug-likeness (QED) is 0.717. The summed E-state index contributed by atoms with van der Waals surface area (Å²) < 4.78 is 16.4. The van der Waals surface area contributed by atoms with E-state index in [2.05, 4.69) is 5.32 Å². The number of methoxy groups -OCH3 is 2. The number of amides is 1. The van der Waals surface area contributed by atoms with E-state index in [1.54, 1.807) is 49.5 Å². The predicted molar refractivity (Wildman–Crippen MR) is 111 cm³/mol. The fourth-order valence-electron chi connectivity index (χ4n) is 3.20. The normalized spacial score (nSPS) is 18.8. The predicted octanol–water partition coefficient (Wildman–Crippen LogP) is 2.81. The van der Waals surface area contributed by atoms with Crippen LogP contribution >= 0.6 is 11.6 Å². The molecule has 1 aliphatic rings. The Hall–Kier alpha value is -2.64. The van der Waals surface area contributed by atoms with Crippen LogP contribution < -0.4 is 19.5 Å². The van der Waals surface area contributed by atoms with Gasteiger partial charge >= 0.3 is 0 Å². The molecular formula is C21H25ClN2O5. The van der Waals surface area contributed by atoms with Crippen molar-refractivity contribution in [2.75, 3.05) is 39.2 Å². The third-order valence-electron chi connectivity index (χ3n) is 4.80. The van der Waals surface area contributed by atoms with Crippen LogP contribution in [0.5, 0.6) is 17.2 Å². The van der Waals surface area contributed by atoms with E-state index in [4.69, 9.17) is 25.8 Å². The third-order valence-corrected chi connectivity index (χ3v) is 5.06. The van der Waals surface area contributed by atoms with E-state index in [1.165, 1.54) is 0 Å². The molecule has 0 radical (unpaired) electrons. The Kier molecular flexibility index (Phi) is 7.06. The van der Waals surface area contributed by atoms with Gasteiger partial charge in [-0.2, -0.15) is 0 Å². The number of carbonyl (C=O) groups is 1.